The number of aliphatic hydroxyl groups is 1. The number of benzene rings is 2. The second-order valence-corrected chi connectivity index (χ2v) is 5.70. The molecule has 0 spiro atoms. The van der Waals surface area contributed by atoms with Crippen molar-refractivity contribution >= 4 is 16.9 Å². The number of H-pyrrole nitrogens is 2. The minimum absolute atomic E-state index is 0.0564. The van der Waals surface area contributed by atoms with Crippen LogP contribution in [0.3, 0.4) is 0 Å². The Morgan fingerprint density at radius 1 is 1.08 bits per heavy atom. The molecule has 1 aromatic heterocycles. The molecule has 0 saturated carbocycles. The van der Waals surface area contributed by atoms with Crippen LogP contribution in [0.4, 0.5) is 13.2 Å². The lowest BCUT2D eigenvalue weighted by atomic mass is 10.1. The number of imidazole rings is 1. The van der Waals surface area contributed by atoms with E-state index in [9.17, 15) is 27.9 Å². The number of rotatable bonds is 4. The maximum absolute atomic E-state index is 12.5. The maximum atomic E-state index is 12.5. The van der Waals surface area contributed by atoms with Gasteiger partial charge in [0.05, 0.1) is 16.6 Å². The van der Waals surface area contributed by atoms with Crippen LogP contribution in [0.1, 0.15) is 22.8 Å². The van der Waals surface area contributed by atoms with Crippen molar-refractivity contribution in [1.82, 2.24) is 15.3 Å². The van der Waals surface area contributed by atoms with Crippen molar-refractivity contribution in [2.75, 3.05) is 0 Å². The molecule has 0 aliphatic rings. The fourth-order valence-corrected chi connectivity index (χ4v) is 2.48. The van der Waals surface area contributed by atoms with Crippen molar-refractivity contribution in [2.45, 2.75) is 18.8 Å². The van der Waals surface area contributed by atoms with Gasteiger partial charge >= 0.3 is 11.9 Å². The largest absolute Gasteiger partial charge is 0.416 e. The van der Waals surface area contributed by atoms with Crippen molar-refractivity contribution in [1.29, 1.82) is 0 Å². The van der Waals surface area contributed by atoms with Gasteiger partial charge in [-0.15, -0.1) is 0 Å². The Hall–Kier alpha value is -3.07. The number of carbonyl (C=O) groups excluding carboxylic acids is 1. The van der Waals surface area contributed by atoms with E-state index in [-0.39, 0.29) is 17.8 Å². The summed E-state index contributed by atoms with van der Waals surface area (Å²) in [5.74, 6) is -0.743. The van der Waals surface area contributed by atoms with Crippen LogP contribution in [0.2, 0.25) is 0 Å². The molecular weight excluding hydrogens is 351 g/mol. The van der Waals surface area contributed by atoms with E-state index in [1.54, 1.807) is 18.2 Å². The summed E-state index contributed by atoms with van der Waals surface area (Å²) in [6.45, 7) is 0.0830. The van der Waals surface area contributed by atoms with E-state index in [0.717, 1.165) is 24.3 Å². The Bertz CT molecular complexity index is 990. The zero-order valence-electron chi connectivity index (χ0n) is 13.2. The topological polar surface area (TPSA) is 98.0 Å². The number of carbonyl (C=O) groups is 1. The van der Waals surface area contributed by atoms with Gasteiger partial charge in [-0.25, -0.2) is 4.79 Å². The molecule has 2 aromatic carbocycles. The smallest absolute Gasteiger partial charge is 0.378 e. The molecule has 9 heteroatoms. The number of fused-ring (bicyclic) bond motifs is 1. The second kappa shape index (κ2) is 6.68. The van der Waals surface area contributed by atoms with E-state index in [2.05, 4.69) is 15.3 Å². The van der Waals surface area contributed by atoms with Gasteiger partial charge in [0.15, 0.2) is 6.10 Å². The van der Waals surface area contributed by atoms with E-state index >= 15 is 0 Å². The summed E-state index contributed by atoms with van der Waals surface area (Å²) in [6.07, 6.45) is -6.07. The van der Waals surface area contributed by atoms with E-state index in [4.69, 9.17) is 0 Å². The molecule has 3 rings (SSSR count). The maximum Gasteiger partial charge on any atom is 0.416 e. The summed E-state index contributed by atoms with van der Waals surface area (Å²) in [4.78, 5) is 28.4. The standard InChI is InChI=1S/C17H14F3N3O3/c18-17(19,20)11-4-2-10(3-5-11)14(24)15(25)21-8-9-1-6-12-13(7-9)23-16(26)22-12/h1-7,14,24H,8H2,(H,21,25)(H2,22,23,26). The molecule has 0 aliphatic heterocycles. The van der Waals surface area contributed by atoms with Crippen molar-refractivity contribution in [3.63, 3.8) is 0 Å². The summed E-state index contributed by atoms with van der Waals surface area (Å²) in [5.41, 5.74) is 0.725. The van der Waals surface area contributed by atoms with Crippen molar-refractivity contribution in [3.05, 3.63) is 69.6 Å². The number of amides is 1. The molecule has 26 heavy (non-hydrogen) atoms. The van der Waals surface area contributed by atoms with E-state index < -0.39 is 23.8 Å². The number of nitrogens with one attached hydrogen (secondary N) is 3. The molecule has 3 aromatic rings. The van der Waals surface area contributed by atoms with E-state index in [1.807, 2.05) is 0 Å². The van der Waals surface area contributed by atoms with Crippen LogP contribution in [-0.4, -0.2) is 21.0 Å². The zero-order chi connectivity index (χ0) is 18.9. The number of aromatic nitrogens is 2. The predicted octanol–water partition coefficient (Wildman–Crippen LogP) is 2.22. The quantitative estimate of drug-likeness (QED) is 0.571. The average Bonchev–Trinajstić information content (AvgIpc) is 2.97. The van der Waals surface area contributed by atoms with Gasteiger partial charge in [0, 0.05) is 6.54 Å². The lowest BCUT2D eigenvalue weighted by molar-refractivity contribution is -0.137. The molecule has 1 unspecified atom stereocenters. The van der Waals surface area contributed by atoms with Crippen LogP contribution in [-0.2, 0) is 17.5 Å². The molecule has 0 bridgehead atoms. The molecule has 0 radical (unpaired) electrons. The van der Waals surface area contributed by atoms with E-state index in [0.29, 0.717) is 16.6 Å². The number of aliphatic hydroxyl groups excluding tert-OH is 1. The molecule has 1 atom stereocenters. The third kappa shape index (κ3) is 3.77. The first-order valence-electron chi connectivity index (χ1n) is 7.58. The monoisotopic (exact) mass is 365 g/mol. The van der Waals surface area contributed by atoms with Crippen LogP contribution >= 0.6 is 0 Å². The summed E-state index contributed by atoms with van der Waals surface area (Å²) in [6, 6.07) is 8.76. The SMILES string of the molecule is O=C(NCc1ccc2[nH]c(=O)[nH]c2c1)C(O)c1ccc(C(F)(F)F)cc1. The van der Waals surface area contributed by atoms with Gasteiger partial charge in [-0.1, -0.05) is 18.2 Å². The molecule has 1 heterocycles. The van der Waals surface area contributed by atoms with Gasteiger partial charge in [-0.2, -0.15) is 13.2 Å². The van der Waals surface area contributed by atoms with Gasteiger partial charge in [0.1, 0.15) is 0 Å². The van der Waals surface area contributed by atoms with Crippen molar-refractivity contribution < 1.29 is 23.1 Å². The number of alkyl halides is 3. The summed E-state index contributed by atoms with van der Waals surface area (Å²) < 4.78 is 37.6. The van der Waals surface area contributed by atoms with Crippen molar-refractivity contribution in [2.24, 2.45) is 0 Å². The Kier molecular flexibility index (Phi) is 4.56. The fourth-order valence-electron chi connectivity index (χ4n) is 2.48. The lowest BCUT2D eigenvalue weighted by Gasteiger charge is -2.13. The van der Waals surface area contributed by atoms with E-state index in [1.165, 1.54) is 0 Å². The van der Waals surface area contributed by atoms with Gasteiger partial charge in [0.25, 0.3) is 5.91 Å². The summed E-state index contributed by atoms with van der Waals surface area (Å²) >= 11 is 0. The number of halogens is 3. The minimum Gasteiger partial charge on any atom is -0.378 e. The molecule has 4 N–H and O–H groups in total. The van der Waals surface area contributed by atoms with Crippen LogP contribution in [0, 0.1) is 0 Å². The Balaban J connectivity index is 1.65. The van der Waals surface area contributed by atoms with Gasteiger partial charge in [-0.05, 0) is 35.4 Å². The highest BCUT2D eigenvalue weighted by Crippen LogP contribution is 2.29. The van der Waals surface area contributed by atoms with Crippen LogP contribution in [0.25, 0.3) is 11.0 Å². The van der Waals surface area contributed by atoms with Crippen LogP contribution in [0.5, 0.6) is 0 Å². The van der Waals surface area contributed by atoms with Crippen LogP contribution < -0.4 is 11.0 Å². The zero-order valence-corrected chi connectivity index (χ0v) is 13.2. The third-order valence-electron chi connectivity index (χ3n) is 3.85. The van der Waals surface area contributed by atoms with Gasteiger partial charge in [0.2, 0.25) is 0 Å². The molecule has 136 valence electrons. The lowest BCUT2D eigenvalue weighted by Crippen LogP contribution is -2.28. The number of hydrogen-bond donors (Lipinski definition) is 4. The molecule has 1 amide bonds. The second-order valence-electron chi connectivity index (χ2n) is 5.70. The highest BCUT2D eigenvalue weighted by atomic mass is 19.4. The minimum atomic E-state index is -4.48. The Morgan fingerprint density at radius 2 is 1.73 bits per heavy atom. The van der Waals surface area contributed by atoms with Gasteiger partial charge in [-0.3, -0.25) is 4.79 Å². The fraction of sp³-hybridized carbons (Fsp3) is 0.176. The number of aromatic amines is 2. The molecular formula is C17H14F3N3O3. The van der Waals surface area contributed by atoms with Gasteiger partial charge < -0.3 is 20.4 Å². The molecule has 0 aliphatic carbocycles. The summed E-state index contributed by atoms with van der Waals surface area (Å²) in [5, 5.41) is 12.5. The first kappa shape index (κ1) is 17.7. The van der Waals surface area contributed by atoms with Crippen LogP contribution in [0.15, 0.2) is 47.3 Å². The number of hydrogen-bond acceptors (Lipinski definition) is 3. The first-order chi connectivity index (χ1) is 12.2. The highest BCUT2D eigenvalue weighted by molar-refractivity contribution is 5.82. The molecule has 6 nitrogen and oxygen atoms in total. The Morgan fingerprint density at radius 3 is 2.38 bits per heavy atom. The predicted molar refractivity (Wildman–Crippen MR) is 87.2 cm³/mol. The van der Waals surface area contributed by atoms with Crippen molar-refractivity contribution in [3.8, 4) is 0 Å². The Labute approximate surface area is 144 Å². The first-order valence-corrected chi connectivity index (χ1v) is 7.58. The third-order valence-corrected chi connectivity index (χ3v) is 3.85. The molecule has 0 fully saturated rings. The normalized spacial score (nSPS) is 12.9. The summed E-state index contributed by atoms with van der Waals surface area (Å²) in [7, 11) is 0. The average molecular weight is 365 g/mol. The molecule has 0 saturated heterocycles. The highest BCUT2D eigenvalue weighted by Gasteiger charge is 2.30.